The molecule has 138 valence electrons. The lowest BCUT2D eigenvalue weighted by molar-refractivity contribution is -0.152. The number of carbonyl (C=O) groups is 1. The molecule has 1 aliphatic carbocycles. The Morgan fingerprint density at radius 1 is 1.32 bits per heavy atom. The summed E-state index contributed by atoms with van der Waals surface area (Å²) in [4.78, 5) is 15.3. The van der Waals surface area contributed by atoms with Gasteiger partial charge < -0.3 is 15.1 Å². The normalized spacial score (nSPS) is 28.5. The number of piperidine rings is 1. The fourth-order valence-electron chi connectivity index (χ4n) is 4.53. The standard InChI is InChI=1S/C20H28ClNO3/c1-2-9-19(14-23)13-22(12-8-17(19)24)18(25)20(10-3-11-20)15-4-6-16(21)7-5-15/h4-7,17,23-24H,2-3,8-14H2,1H3/t17-,19-/m0/s1. The first-order valence-electron chi connectivity index (χ1n) is 9.32. The van der Waals surface area contributed by atoms with Gasteiger partial charge in [0.2, 0.25) is 5.91 Å². The van der Waals surface area contributed by atoms with Gasteiger partial charge in [0.1, 0.15) is 0 Å². The third-order valence-electron chi connectivity index (χ3n) is 6.25. The minimum Gasteiger partial charge on any atom is -0.396 e. The number of benzene rings is 1. The fraction of sp³-hybridized carbons (Fsp3) is 0.650. The molecule has 1 saturated heterocycles. The Labute approximate surface area is 154 Å². The van der Waals surface area contributed by atoms with Gasteiger partial charge in [-0.15, -0.1) is 0 Å². The van der Waals surface area contributed by atoms with Crippen molar-refractivity contribution in [3.8, 4) is 0 Å². The van der Waals surface area contributed by atoms with Gasteiger partial charge in [0, 0.05) is 23.5 Å². The van der Waals surface area contributed by atoms with Crippen LogP contribution in [-0.2, 0) is 10.2 Å². The number of carbonyl (C=O) groups excluding carboxylic acids is 1. The van der Waals surface area contributed by atoms with Crippen LogP contribution in [0.5, 0.6) is 0 Å². The highest BCUT2D eigenvalue weighted by Gasteiger charge is 2.51. The molecule has 0 bridgehead atoms. The number of aliphatic hydroxyl groups is 2. The third-order valence-corrected chi connectivity index (χ3v) is 6.50. The maximum absolute atomic E-state index is 13.4. The Hall–Kier alpha value is -1.10. The predicted molar refractivity (Wildman–Crippen MR) is 98.6 cm³/mol. The number of aliphatic hydroxyl groups excluding tert-OH is 2. The average molecular weight is 366 g/mol. The Kier molecular flexibility index (Phi) is 5.42. The van der Waals surface area contributed by atoms with Crippen LogP contribution >= 0.6 is 11.6 Å². The molecule has 5 heteroatoms. The van der Waals surface area contributed by atoms with Gasteiger partial charge in [-0.3, -0.25) is 4.79 Å². The Morgan fingerprint density at radius 3 is 2.52 bits per heavy atom. The van der Waals surface area contributed by atoms with Crippen LogP contribution in [0.3, 0.4) is 0 Å². The minimum absolute atomic E-state index is 0.0836. The molecule has 1 heterocycles. The number of halogens is 1. The molecule has 1 aromatic rings. The Bertz CT molecular complexity index is 614. The highest BCUT2D eigenvalue weighted by molar-refractivity contribution is 6.30. The molecule has 0 radical (unpaired) electrons. The number of hydrogen-bond acceptors (Lipinski definition) is 3. The zero-order chi connectivity index (χ0) is 18.1. The smallest absolute Gasteiger partial charge is 0.233 e. The van der Waals surface area contributed by atoms with E-state index in [9.17, 15) is 15.0 Å². The molecule has 1 saturated carbocycles. The summed E-state index contributed by atoms with van der Waals surface area (Å²) in [6.07, 6.45) is 4.34. The lowest BCUT2D eigenvalue weighted by Gasteiger charge is -2.50. The van der Waals surface area contributed by atoms with E-state index >= 15 is 0 Å². The summed E-state index contributed by atoms with van der Waals surface area (Å²) in [6.45, 7) is 2.96. The van der Waals surface area contributed by atoms with Gasteiger partial charge >= 0.3 is 0 Å². The highest BCUT2D eigenvalue weighted by atomic mass is 35.5. The number of hydrogen-bond donors (Lipinski definition) is 2. The Balaban J connectivity index is 1.85. The molecule has 3 rings (SSSR count). The molecule has 2 fully saturated rings. The molecule has 0 unspecified atom stereocenters. The van der Waals surface area contributed by atoms with E-state index in [1.807, 2.05) is 36.1 Å². The van der Waals surface area contributed by atoms with E-state index in [0.717, 1.165) is 37.7 Å². The van der Waals surface area contributed by atoms with E-state index in [4.69, 9.17) is 11.6 Å². The van der Waals surface area contributed by atoms with E-state index in [1.54, 1.807) is 0 Å². The zero-order valence-electron chi connectivity index (χ0n) is 14.9. The van der Waals surface area contributed by atoms with Crippen LogP contribution < -0.4 is 0 Å². The molecule has 25 heavy (non-hydrogen) atoms. The summed E-state index contributed by atoms with van der Waals surface area (Å²) in [7, 11) is 0. The molecule has 1 amide bonds. The summed E-state index contributed by atoms with van der Waals surface area (Å²) >= 11 is 6.01. The summed E-state index contributed by atoms with van der Waals surface area (Å²) in [5.74, 6) is 0.141. The number of amides is 1. The van der Waals surface area contributed by atoms with Crippen molar-refractivity contribution in [1.29, 1.82) is 0 Å². The quantitative estimate of drug-likeness (QED) is 0.842. The van der Waals surface area contributed by atoms with Crippen molar-refractivity contribution in [2.45, 2.75) is 57.0 Å². The van der Waals surface area contributed by atoms with Crippen LogP contribution in [0, 0.1) is 5.41 Å². The van der Waals surface area contributed by atoms with Crippen molar-refractivity contribution in [2.24, 2.45) is 5.41 Å². The van der Waals surface area contributed by atoms with Crippen molar-refractivity contribution in [3.63, 3.8) is 0 Å². The summed E-state index contributed by atoms with van der Waals surface area (Å²) in [6, 6.07) is 7.62. The molecule has 0 spiro atoms. The van der Waals surface area contributed by atoms with Crippen LogP contribution in [-0.4, -0.2) is 46.8 Å². The van der Waals surface area contributed by atoms with Gasteiger partial charge in [0.05, 0.1) is 18.1 Å². The molecule has 2 aliphatic rings. The van der Waals surface area contributed by atoms with E-state index in [1.165, 1.54) is 0 Å². The number of nitrogens with zero attached hydrogens (tertiary/aromatic N) is 1. The fourth-order valence-corrected chi connectivity index (χ4v) is 4.65. The maximum atomic E-state index is 13.4. The van der Waals surface area contributed by atoms with Gasteiger partial charge in [-0.2, -0.15) is 0 Å². The minimum atomic E-state index is -0.590. The van der Waals surface area contributed by atoms with Crippen LogP contribution in [0.2, 0.25) is 5.02 Å². The Morgan fingerprint density at radius 2 is 2.00 bits per heavy atom. The highest BCUT2D eigenvalue weighted by Crippen LogP contribution is 2.47. The van der Waals surface area contributed by atoms with Gasteiger partial charge in [-0.1, -0.05) is 43.5 Å². The predicted octanol–water partition coefficient (Wildman–Crippen LogP) is 3.13. The first kappa shape index (κ1) is 18.7. The van der Waals surface area contributed by atoms with E-state index < -0.39 is 16.9 Å². The molecule has 4 nitrogen and oxygen atoms in total. The first-order chi connectivity index (χ1) is 12.0. The van der Waals surface area contributed by atoms with Crippen molar-refractivity contribution in [2.75, 3.05) is 19.7 Å². The largest absolute Gasteiger partial charge is 0.396 e. The molecule has 1 aromatic carbocycles. The first-order valence-corrected chi connectivity index (χ1v) is 9.69. The van der Waals surface area contributed by atoms with Crippen LogP contribution in [0.15, 0.2) is 24.3 Å². The second kappa shape index (κ2) is 7.26. The van der Waals surface area contributed by atoms with Gasteiger partial charge in [-0.05, 0) is 43.4 Å². The van der Waals surface area contributed by atoms with Gasteiger partial charge in [0.15, 0.2) is 0 Å². The molecule has 2 N–H and O–H groups in total. The number of rotatable bonds is 5. The van der Waals surface area contributed by atoms with Crippen LogP contribution in [0.25, 0.3) is 0 Å². The summed E-state index contributed by atoms with van der Waals surface area (Å²) < 4.78 is 0. The average Bonchev–Trinajstić information content (AvgIpc) is 2.57. The molecular formula is C20H28ClNO3. The van der Waals surface area contributed by atoms with Crippen molar-refractivity contribution in [1.82, 2.24) is 4.90 Å². The number of likely N-dealkylation sites (tertiary alicyclic amines) is 1. The maximum Gasteiger partial charge on any atom is 0.233 e. The SMILES string of the molecule is CCC[C@@]1(CO)CN(C(=O)C2(c3ccc(Cl)cc3)CCC2)CC[C@@H]1O. The lowest BCUT2D eigenvalue weighted by atomic mass is 9.63. The van der Waals surface area contributed by atoms with Crippen molar-refractivity contribution >= 4 is 17.5 Å². The zero-order valence-corrected chi connectivity index (χ0v) is 15.6. The van der Waals surface area contributed by atoms with Gasteiger partial charge in [0.25, 0.3) is 0 Å². The van der Waals surface area contributed by atoms with Crippen molar-refractivity contribution < 1.29 is 15.0 Å². The van der Waals surface area contributed by atoms with Crippen molar-refractivity contribution in [3.05, 3.63) is 34.9 Å². The lowest BCUT2D eigenvalue weighted by Crippen LogP contribution is -2.60. The summed E-state index contributed by atoms with van der Waals surface area (Å²) in [5.41, 5.74) is -0.0159. The molecular weight excluding hydrogens is 338 g/mol. The second-order valence-electron chi connectivity index (χ2n) is 7.74. The molecule has 0 aromatic heterocycles. The molecule has 2 atom stereocenters. The van der Waals surface area contributed by atoms with E-state index in [-0.39, 0.29) is 12.5 Å². The summed E-state index contributed by atoms with van der Waals surface area (Å²) in [5, 5.41) is 21.1. The van der Waals surface area contributed by atoms with Crippen LogP contribution in [0.1, 0.15) is 51.0 Å². The van der Waals surface area contributed by atoms with Crippen LogP contribution in [0.4, 0.5) is 0 Å². The third kappa shape index (κ3) is 3.20. The topological polar surface area (TPSA) is 60.8 Å². The van der Waals surface area contributed by atoms with E-state index in [0.29, 0.717) is 24.5 Å². The molecule has 1 aliphatic heterocycles. The second-order valence-corrected chi connectivity index (χ2v) is 8.18. The monoisotopic (exact) mass is 365 g/mol. The van der Waals surface area contributed by atoms with E-state index in [2.05, 4.69) is 0 Å². The van der Waals surface area contributed by atoms with Gasteiger partial charge in [-0.25, -0.2) is 0 Å².